The van der Waals surface area contributed by atoms with Gasteiger partial charge in [-0.3, -0.25) is 4.79 Å². The van der Waals surface area contributed by atoms with Crippen molar-refractivity contribution < 1.29 is 4.79 Å². The smallest absolute Gasteiger partial charge is 0.242 e. The first kappa shape index (κ1) is 16.0. The van der Waals surface area contributed by atoms with E-state index < -0.39 is 5.38 Å². The van der Waals surface area contributed by atoms with Gasteiger partial charge < -0.3 is 5.32 Å². The third-order valence-corrected chi connectivity index (χ3v) is 3.25. The summed E-state index contributed by atoms with van der Waals surface area (Å²) in [6.07, 6.45) is 0. The van der Waals surface area contributed by atoms with Gasteiger partial charge in [-0.25, -0.2) is 0 Å². The molecule has 1 atom stereocenters. The number of benzene rings is 1. The molecule has 3 heteroatoms. The largest absolute Gasteiger partial charge is 0.350 e. The molecule has 0 aliphatic rings. The van der Waals surface area contributed by atoms with Crippen LogP contribution in [0.1, 0.15) is 58.0 Å². The Hall–Kier alpha value is -1.02. The minimum Gasteiger partial charge on any atom is -0.350 e. The zero-order valence-electron chi connectivity index (χ0n) is 12.7. The highest BCUT2D eigenvalue weighted by atomic mass is 35.5. The average Bonchev–Trinajstić information content (AvgIpc) is 2.24. The number of halogens is 1. The number of hydrogen-bond acceptors (Lipinski definition) is 1. The minimum atomic E-state index is -0.645. The molecule has 19 heavy (non-hydrogen) atoms. The van der Waals surface area contributed by atoms with Crippen molar-refractivity contribution in [2.75, 3.05) is 0 Å². The molecule has 106 valence electrons. The van der Waals surface area contributed by atoms with Crippen LogP contribution >= 0.6 is 11.6 Å². The van der Waals surface area contributed by atoms with E-state index in [1.54, 1.807) is 0 Å². The molecule has 0 saturated heterocycles. The Bertz CT molecular complexity index is 437. The molecule has 0 spiro atoms. The quantitative estimate of drug-likeness (QED) is 0.810. The molecule has 1 rings (SSSR count). The number of carbonyl (C=O) groups excluding carboxylic acids is 1. The maximum Gasteiger partial charge on any atom is 0.242 e. The maximum atomic E-state index is 12.0. The fourth-order valence-corrected chi connectivity index (χ4v) is 1.94. The molecule has 1 amide bonds. The zero-order chi connectivity index (χ0) is 14.8. The number of rotatable bonds is 2. The van der Waals surface area contributed by atoms with E-state index in [0.717, 1.165) is 5.56 Å². The lowest BCUT2D eigenvalue weighted by atomic mass is 9.86. The first-order valence-corrected chi connectivity index (χ1v) is 7.01. The zero-order valence-corrected chi connectivity index (χ0v) is 13.4. The van der Waals surface area contributed by atoms with Crippen LogP contribution in [0.5, 0.6) is 0 Å². The van der Waals surface area contributed by atoms with Crippen molar-refractivity contribution in [3.8, 4) is 0 Å². The van der Waals surface area contributed by atoms with Gasteiger partial charge in [0.2, 0.25) is 5.91 Å². The molecule has 0 radical (unpaired) electrons. The van der Waals surface area contributed by atoms with Crippen LogP contribution < -0.4 is 5.32 Å². The van der Waals surface area contributed by atoms with E-state index in [4.69, 9.17) is 11.6 Å². The summed E-state index contributed by atoms with van der Waals surface area (Å²) in [6.45, 7) is 12.3. The summed E-state index contributed by atoms with van der Waals surface area (Å²) >= 11 is 6.22. The van der Waals surface area contributed by atoms with Crippen molar-refractivity contribution in [1.29, 1.82) is 0 Å². The summed E-state index contributed by atoms with van der Waals surface area (Å²) < 4.78 is 0. The van der Waals surface area contributed by atoms with Gasteiger partial charge in [0.15, 0.2) is 0 Å². The lowest BCUT2D eigenvalue weighted by molar-refractivity contribution is -0.122. The second kappa shape index (κ2) is 5.54. The molecular weight excluding hydrogens is 258 g/mol. The predicted octanol–water partition coefficient (Wildman–Crippen LogP) is 4.18. The molecule has 2 nitrogen and oxygen atoms in total. The van der Waals surface area contributed by atoms with Crippen LogP contribution in [-0.2, 0) is 10.2 Å². The normalized spacial score (nSPS) is 14.1. The summed E-state index contributed by atoms with van der Waals surface area (Å²) in [6, 6.07) is 7.94. The van der Waals surface area contributed by atoms with E-state index in [0.29, 0.717) is 0 Å². The van der Waals surface area contributed by atoms with Crippen LogP contribution in [-0.4, -0.2) is 11.4 Å². The maximum absolute atomic E-state index is 12.0. The lowest BCUT2D eigenvalue weighted by Crippen LogP contribution is -2.42. The predicted molar refractivity (Wildman–Crippen MR) is 81.6 cm³/mol. The Balaban J connectivity index is 2.84. The van der Waals surface area contributed by atoms with Gasteiger partial charge in [0.1, 0.15) is 5.38 Å². The van der Waals surface area contributed by atoms with Crippen molar-refractivity contribution in [2.45, 2.75) is 57.9 Å². The Morgan fingerprint density at radius 1 is 1.05 bits per heavy atom. The van der Waals surface area contributed by atoms with Crippen LogP contribution in [0.4, 0.5) is 0 Å². The van der Waals surface area contributed by atoms with E-state index in [-0.39, 0.29) is 16.9 Å². The SMILES string of the molecule is CC(C)(C)NC(=O)C(Cl)c1ccc(C(C)(C)C)cc1. The highest BCUT2D eigenvalue weighted by Gasteiger charge is 2.23. The summed E-state index contributed by atoms with van der Waals surface area (Å²) in [5, 5.41) is 2.25. The summed E-state index contributed by atoms with van der Waals surface area (Å²) in [5.41, 5.74) is 1.90. The highest BCUT2D eigenvalue weighted by molar-refractivity contribution is 6.30. The van der Waals surface area contributed by atoms with E-state index in [2.05, 4.69) is 26.1 Å². The van der Waals surface area contributed by atoms with Crippen molar-refractivity contribution >= 4 is 17.5 Å². The third kappa shape index (κ3) is 4.87. The minimum absolute atomic E-state index is 0.105. The third-order valence-electron chi connectivity index (χ3n) is 2.80. The summed E-state index contributed by atoms with van der Waals surface area (Å²) in [4.78, 5) is 12.0. The van der Waals surface area contributed by atoms with Gasteiger partial charge in [-0.1, -0.05) is 45.0 Å². The summed E-state index contributed by atoms with van der Waals surface area (Å²) in [7, 11) is 0. The lowest BCUT2D eigenvalue weighted by Gasteiger charge is -2.23. The number of hydrogen-bond donors (Lipinski definition) is 1. The molecule has 1 N–H and O–H groups in total. The van der Waals surface area contributed by atoms with Crippen molar-refractivity contribution in [3.05, 3.63) is 35.4 Å². The molecule has 1 unspecified atom stereocenters. The molecule has 0 bridgehead atoms. The van der Waals surface area contributed by atoms with Gasteiger partial charge in [0, 0.05) is 5.54 Å². The topological polar surface area (TPSA) is 29.1 Å². The molecule has 0 heterocycles. The Labute approximate surface area is 121 Å². The van der Waals surface area contributed by atoms with Crippen LogP contribution in [0.3, 0.4) is 0 Å². The van der Waals surface area contributed by atoms with E-state index in [1.807, 2.05) is 45.0 Å². The Morgan fingerprint density at radius 3 is 1.89 bits per heavy atom. The Kier molecular flexibility index (Phi) is 4.67. The van der Waals surface area contributed by atoms with E-state index in [1.165, 1.54) is 5.56 Å². The van der Waals surface area contributed by atoms with E-state index in [9.17, 15) is 4.79 Å². The molecule has 0 saturated carbocycles. The van der Waals surface area contributed by atoms with Crippen molar-refractivity contribution in [2.24, 2.45) is 0 Å². The standard InChI is InChI=1S/C16H24ClNO/c1-15(2,3)12-9-7-11(8-10-12)13(17)14(19)18-16(4,5)6/h7-10,13H,1-6H3,(H,18,19). The van der Waals surface area contributed by atoms with Gasteiger partial charge >= 0.3 is 0 Å². The molecule has 1 aromatic carbocycles. The second-order valence-corrected chi connectivity index (χ2v) is 7.41. The number of carbonyl (C=O) groups is 1. The molecule has 0 aromatic heterocycles. The van der Waals surface area contributed by atoms with Gasteiger partial charge in [-0.05, 0) is 37.3 Å². The molecule has 0 aliphatic heterocycles. The summed E-state index contributed by atoms with van der Waals surface area (Å²) in [5.74, 6) is -0.155. The van der Waals surface area contributed by atoms with Crippen LogP contribution in [0.2, 0.25) is 0 Å². The number of alkyl halides is 1. The average molecular weight is 282 g/mol. The van der Waals surface area contributed by atoms with Gasteiger partial charge in [-0.15, -0.1) is 11.6 Å². The number of nitrogens with one attached hydrogen (secondary N) is 1. The van der Waals surface area contributed by atoms with E-state index >= 15 is 0 Å². The van der Waals surface area contributed by atoms with Gasteiger partial charge in [0.05, 0.1) is 0 Å². The van der Waals surface area contributed by atoms with Crippen LogP contribution in [0.15, 0.2) is 24.3 Å². The highest BCUT2D eigenvalue weighted by Crippen LogP contribution is 2.26. The van der Waals surface area contributed by atoms with Crippen LogP contribution in [0, 0.1) is 0 Å². The van der Waals surface area contributed by atoms with Crippen molar-refractivity contribution in [3.63, 3.8) is 0 Å². The van der Waals surface area contributed by atoms with Crippen LogP contribution in [0.25, 0.3) is 0 Å². The molecular formula is C16H24ClNO. The monoisotopic (exact) mass is 281 g/mol. The Morgan fingerprint density at radius 2 is 1.53 bits per heavy atom. The van der Waals surface area contributed by atoms with Gasteiger partial charge in [-0.2, -0.15) is 0 Å². The molecule has 1 aromatic rings. The first-order chi connectivity index (χ1) is 8.50. The fourth-order valence-electron chi connectivity index (χ4n) is 1.74. The first-order valence-electron chi connectivity index (χ1n) is 6.57. The second-order valence-electron chi connectivity index (χ2n) is 6.97. The molecule has 0 aliphatic carbocycles. The number of amides is 1. The fraction of sp³-hybridized carbons (Fsp3) is 0.562. The van der Waals surface area contributed by atoms with Gasteiger partial charge in [0.25, 0.3) is 0 Å². The molecule has 0 fully saturated rings. The van der Waals surface area contributed by atoms with Crippen molar-refractivity contribution in [1.82, 2.24) is 5.32 Å².